The van der Waals surface area contributed by atoms with Gasteiger partial charge in [0.1, 0.15) is 11.6 Å². The van der Waals surface area contributed by atoms with E-state index in [1.54, 1.807) is 25.3 Å². The Morgan fingerprint density at radius 1 is 1.19 bits per heavy atom. The zero-order chi connectivity index (χ0) is 15.1. The van der Waals surface area contributed by atoms with Crippen molar-refractivity contribution in [2.45, 2.75) is 11.4 Å². The predicted molar refractivity (Wildman–Crippen MR) is 82.0 cm³/mol. The third-order valence-corrected chi connectivity index (χ3v) is 3.91. The van der Waals surface area contributed by atoms with E-state index < -0.39 is 0 Å². The molecule has 110 valence electrons. The molecule has 0 aromatic heterocycles. The molecule has 2 aromatic carbocycles. The molecule has 3 nitrogen and oxygen atoms in total. The molecule has 0 radical (unpaired) electrons. The van der Waals surface area contributed by atoms with Crippen LogP contribution in [-0.2, 0) is 11.3 Å². The highest BCUT2D eigenvalue weighted by Gasteiger charge is 2.07. The number of thioether (sulfide) groups is 1. The minimum atomic E-state index is -0.306. The van der Waals surface area contributed by atoms with Gasteiger partial charge in [0.2, 0.25) is 5.91 Å². The number of para-hydroxylation sites is 1. The lowest BCUT2D eigenvalue weighted by atomic mass is 10.2. The highest BCUT2D eigenvalue weighted by Crippen LogP contribution is 2.21. The van der Waals surface area contributed by atoms with E-state index in [0.717, 1.165) is 11.3 Å². The van der Waals surface area contributed by atoms with E-state index in [2.05, 4.69) is 5.32 Å². The third kappa shape index (κ3) is 4.49. The lowest BCUT2D eigenvalue weighted by Gasteiger charge is -2.09. The fourth-order valence-corrected chi connectivity index (χ4v) is 2.57. The molecular formula is C16H16FNO2S. The maximum atomic E-state index is 13.4. The van der Waals surface area contributed by atoms with Gasteiger partial charge in [0, 0.05) is 17.0 Å². The predicted octanol–water partition coefficient (Wildman–Crippen LogP) is 3.24. The third-order valence-electron chi connectivity index (χ3n) is 2.86. The highest BCUT2D eigenvalue weighted by atomic mass is 32.2. The lowest BCUT2D eigenvalue weighted by molar-refractivity contribution is -0.118. The number of hydrogen-bond acceptors (Lipinski definition) is 3. The van der Waals surface area contributed by atoms with Gasteiger partial charge >= 0.3 is 0 Å². The van der Waals surface area contributed by atoms with E-state index in [1.165, 1.54) is 17.8 Å². The normalized spacial score (nSPS) is 10.2. The SMILES string of the molecule is COc1ccccc1CNC(=O)CSc1ccccc1F. The molecule has 0 fully saturated rings. The second kappa shape index (κ2) is 7.69. The molecule has 0 aliphatic carbocycles. The van der Waals surface area contributed by atoms with Crippen molar-refractivity contribution >= 4 is 17.7 Å². The number of halogens is 1. The van der Waals surface area contributed by atoms with Crippen molar-refractivity contribution in [3.8, 4) is 5.75 Å². The summed E-state index contributed by atoms with van der Waals surface area (Å²) in [6, 6.07) is 13.9. The van der Waals surface area contributed by atoms with Crippen LogP contribution < -0.4 is 10.1 Å². The first-order valence-electron chi connectivity index (χ1n) is 6.46. The summed E-state index contributed by atoms with van der Waals surface area (Å²) in [5.74, 6) is 0.463. The fourth-order valence-electron chi connectivity index (χ4n) is 1.80. The monoisotopic (exact) mass is 305 g/mol. The van der Waals surface area contributed by atoms with E-state index >= 15 is 0 Å². The summed E-state index contributed by atoms with van der Waals surface area (Å²) < 4.78 is 18.6. The fraction of sp³-hybridized carbons (Fsp3) is 0.188. The molecule has 1 N–H and O–H groups in total. The largest absolute Gasteiger partial charge is 0.496 e. The number of rotatable bonds is 6. The molecule has 0 saturated carbocycles. The van der Waals surface area contributed by atoms with Crippen molar-refractivity contribution in [1.29, 1.82) is 0 Å². The Balaban J connectivity index is 1.84. The van der Waals surface area contributed by atoms with E-state index in [0.29, 0.717) is 11.4 Å². The molecule has 1 amide bonds. The molecule has 2 rings (SSSR count). The van der Waals surface area contributed by atoms with Crippen molar-refractivity contribution in [3.05, 3.63) is 59.9 Å². The maximum Gasteiger partial charge on any atom is 0.230 e. The molecule has 0 bridgehead atoms. The molecule has 0 spiro atoms. The summed E-state index contributed by atoms with van der Waals surface area (Å²) in [5.41, 5.74) is 0.907. The summed E-state index contributed by atoms with van der Waals surface area (Å²) in [7, 11) is 1.59. The number of methoxy groups -OCH3 is 1. The van der Waals surface area contributed by atoms with Gasteiger partial charge in [-0.25, -0.2) is 4.39 Å². The van der Waals surface area contributed by atoms with E-state index in [-0.39, 0.29) is 17.5 Å². The second-order valence-electron chi connectivity index (χ2n) is 4.31. The van der Waals surface area contributed by atoms with Gasteiger partial charge in [0.05, 0.1) is 12.9 Å². The van der Waals surface area contributed by atoms with Crippen LogP contribution in [-0.4, -0.2) is 18.8 Å². The van der Waals surface area contributed by atoms with Crippen molar-refractivity contribution in [3.63, 3.8) is 0 Å². The van der Waals surface area contributed by atoms with Gasteiger partial charge in [0.25, 0.3) is 0 Å². The Hall–Kier alpha value is -2.01. The van der Waals surface area contributed by atoms with Gasteiger partial charge in [-0.05, 0) is 18.2 Å². The molecule has 0 heterocycles. The van der Waals surface area contributed by atoms with Crippen LogP contribution in [0.2, 0.25) is 0 Å². The standard InChI is InChI=1S/C16H16FNO2S/c1-20-14-8-4-2-6-12(14)10-18-16(19)11-21-15-9-5-3-7-13(15)17/h2-9H,10-11H2,1H3,(H,18,19). The van der Waals surface area contributed by atoms with Crippen molar-refractivity contribution < 1.29 is 13.9 Å². The Morgan fingerprint density at radius 3 is 2.67 bits per heavy atom. The summed E-state index contributed by atoms with van der Waals surface area (Å²) in [4.78, 5) is 12.3. The van der Waals surface area contributed by atoms with Crippen molar-refractivity contribution in [2.24, 2.45) is 0 Å². The smallest absolute Gasteiger partial charge is 0.230 e. The second-order valence-corrected chi connectivity index (χ2v) is 5.32. The summed E-state index contributed by atoms with van der Waals surface area (Å²) in [5, 5.41) is 2.80. The Morgan fingerprint density at radius 2 is 1.90 bits per heavy atom. The lowest BCUT2D eigenvalue weighted by Crippen LogP contribution is -2.24. The van der Waals surface area contributed by atoms with Gasteiger partial charge in [-0.2, -0.15) is 0 Å². The molecule has 21 heavy (non-hydrogen) atoms. The first-order chi connectivity index (χ1) is 10.2. The van der Waals surface area contributed by atoms with Gasteiger partial charge < -0.3 is 10.1 Å². The van der Waals surface area contributed by atoms with Crippen LogP contribution in [0.4, 0.5) is 4.39 Å². The van der Waals surface area contributed by atoms with Crippen LogP contribution in [0.5, 0.6) is 5.75 Å². The summed E-state index contributed by atoms with van der Waals surface area (Å²) in [6.07, 6.45) is 0. The Labute approximate surface area is 127 Å². The van der Waals surface area contributed by atoms with Gasteiger partial charge in [0.15, 0.2) is 0 Å². The van der Waals surface area contributed by atoms with Crippen LogP contribution >= 0.6 is 11.8 Å². The minimum absolute atomic E-state index is 0.144. The Bertz CT molecular complexity index is 619. The van der Waals surface area contributed by atoms with E-state index in [1.807, 2.05) is 24.3 Å². The van der Waals surface area contributed by atoms with Crippen molar-refractivity contribution in [2.75, 3.05) is 12.9 Å². The first-order valence-corrected chi connectivity index (χ1v) is 7.45. The Kier molecular flexibility index (Phi) is 5.63. The number of hydrogen-bond donors (Lipinski definition) is 1. The minimum Gasteiger partial charge on any atom is -0.496 e. The van der Waals surface area contributed by atoms with Gasteiger partial charge in [-0.15, -0.1) is 11.8 Å². The van der Waals surface area contributed by atoms with Crippen LogP contribution in [0.1, 0.15) is 5.56 Å². The molecule has 5 heteroatoms. The zero-order valence-electron chi connectivity index (χ0n) is 11.6. The van der Waals surface area contributed by atoms with E-state index in [9.17, 15) is 9.18 Å². The van der Waals surface area contributed by atoms with Gasteiger partial charge in [-0.3, -0.25) is 4.79 Å². The zero-order valence-corrected chi connectivity index (χ0v) is 12.5. The number of carbonyl (C=O) groups is 1. The number of benzene rings is 2. The van der Waals surface area contributed by atoms with Crippen LogP contribution in [0.25, 0.3) is 0 Å². The number of ether oxygens (including phenoxy) is 1. The van der Waals surface area contributed by atoms with Crippen LogP contribution in [0.3, 0.4) is 0 Å². The summed E-state index contributed by atoms with van der Waals surface area (Å²) >= 11 is 1.18. The van der Waals surface area contributed by atoms with E-state index in [4.69, 9.17) is 4.74 Å². The average Bonchev–Trinajstić information content (AvgIpc) is 2.52. The molecule has 0 aliphatic heterocycles. The number of amides is 1. The quantitative estimate of drug-likeness (QED) is 0.833. The van der Waals surface area contributed by atoms with Gasteiger partial charge in [-0.1, -0.05) is 30.3 Å². The molecule has 0 saturated heterocycles. The van der Waals surface area contributed by atoms with Crippen LogP contribution in [0.15, 0.2) is 53.4 Å². The maximum absolute atomic E-state index is 13.4. The van der Waals surface area contributed by atoms with Crippen LogP contribution in [0, 0.1) is 5.82 Å². The summed E-state index contributed by atoms with van der Waals surface area (Å²) in [6.45, 7) is 0.390. The number of nitrogens with one attached hydrogen (secondary N) is 1. The number of carbonyl (C=O) groups excluding carboxylic acids is 1. The average molecular weight is 305 g/mol. The molecule has 0 unspecified atom stereocenters. The topological polar surface area (TPSA) is 38.3 Å². The van der Waals surface area contributed by atoms with Crippen molar-refractivity contribution in [1.82, 2.24) is 5.32 Å². The highest BCUT2D eigenvalue weighted by molar-refractivity contribution is 8.00. The first kappa shape index (κ1) is 15.4. The molecule has 0 aliphatic rings. The molecular weight excluding hydrogens is 289 g/mol. The molecule has 2 aromatic rings. The molecule has 0 atom stereocenters.